The summed E-state index contributed by atoms with van der Waals surface area (Å²) in [6, 6.07) is 4.02. The van der Waals surface area contributed by atoms with Crippen LogP contribution >= 0.6 is 0 Å². The van der Waals surface area contributed by atoms with Crippen LogP contribution in [0.1, 0.15) is 63.0 Å². The normalized spacial score (nSPS) is 38.6. The molecule has 3 nitrogen and oxygen atoms in total. The number of aryl methyl sites for hydroxylation is 1. The van der Waals surface area contributed by atoms with Gasteiger partial charge in [0, 0.05) is 0 Å². The van der Waals surface area contributed by atoms with Crippen molar-refractivity contribution in [2.45, 2.75) is 64.4 Å². The predicted octanol–water partition coefficient (Wildman–Crippen LogP) is 4.01. The Kier molecular flexibility index (Phi) is 3.60. The molecule has 2 fully saturated rings. The SMILES string of the molecule is CCOc1cc2c(cc1O)CC[C@@H]1[C@@H]2CC[C@]2(C)[C@@H](O)CC[C@@H]12. The van der Waals surface area contributed by atoms with Gasteiger partial charge in [0.05, 0.1) is 12.7 Å². The molecule has 2 N–H and O–H groups in total. The van der Waals surface area contributed by atoms with Crippen LogP contribution in [0.2, 0.25) is 0 Å². The van der Waals surface area contributed by atoms with Gasteiger partial charge < -0.3 is 14.9 Å². The third kappa shape index (κ3) is 2.20. The fraction of sp³-hybridized carbons (Fsp3) is 0.700. The van der Waals surface area contributed by atoms with E-state index in [1.165, 1.54) is 24.0 Å². The molecule has 3 aliphatic carbocycles. The highest BCUT2D eigenvalue weighted by atomic mass is 16.5. The van der Waals surface area contributed by atoms with Gasteiger partial charge in [-0.05, 0) is 91.9 Å². The second-order valence-corrected chi connectivity index (χ2v) is 8.00. The summed E-state index contributed by atoms with van der Waals surface area (Å²) in [6.07, 6.45) is 6.52. The number of aliphatic hydroxyl groups excluding tert-OH is 1. The average molecular weight is 316 g/mol. The van der Waals surface area contributed by atoms with Gasteiger partial charge in [-0.2, -0.15) is 0 Å². The Morgan fingerprint density at radius 3 is 2.83 bits per heavy atom. The van der Waals surface area contributed by atoms with Gasteiger partial charge in [-0.1, -0.05) is 6.92 Å². The van der Waals surface area contributed by atoms with Gasteiger partial charge in [0.1, 0.15) is 0 Å². The van der Waals surface area contributed by atoms with Gasteiger partial charge in [-0.3, -0.25) is 0 Å². The van der Waals surface area contributed by atoms with E-state index in [4.69, 9.17) is 4.74 Å². The van der Waals surface area contributed by atoms with Crippen molar-refractivity contribution >= 4 is 0 Å². The summed E-state index contributed by atoms with van der Waals surface area (Å²) in [6.45, 7) is 4.84. The van der Waals surface area contributed by atoms with Gasteiger partial charge in [-0.25, -0.2) is 0 Å². The quantitative estimate of drug-likeness (QED) is 0.867. The summed E-state index contributed by atoms with van der Waals surface area (Å²) >= 11 is 0. The number of hydrogen-bond acceptors (Lipinski definition) is 3. The molecule has 0 aliphatic heterocycles. The van der Waals surface area contributed by atoms with E-state index in [-0.39, 0.29) is 17.3 Å². The standard InChI is InChI=1S/C20H28O3/c1-3-23-18-11-15-12(10-17(18)21)4-5-14-13(15)8-9-20(2)16(14)6-7-19(20)22/h10-11,13-14,16,19,21-22H,3-9H2,1-2H3/t13-,14+,16-,19-,20-/m0/s1. The number of phenolic OH excluding ortho intramolecular Hbond substituents is 1. The Hall–Kier alpha value is -1.22. The lowest BCUT2D eigenvalue weighted by Crippen LogP contribution is -2.43. The molecule has 3 aliphatic rings. The van der Waals surface area contributed by atoms with Crippen molar-refractivity contribution in [1.82, 2.24) is 0 Å². The molecule has 0 aromatic heterocycles. The Bertz CT molecular complexity index is 611. The van der Waals surface area contributed by atoms with Crippen molar-refractivity contribution in [2.24, 2.45) is 17.3 Å². The molecule has 23 heavy (non-hydrogen) atoms. The van der Waals surface area contributed by atoms with Crippen molar-refractivity contribution in [3.05, 3.63) is 23.3 Å². The fourth-order valence-electron chi connectivity index (χ4n) is 5.83. The highest BCUT2D eigenvalue weighted by Gasteiger charge is 2.54. The van der Waals surface area contributed by atoms with Crippen LogP contribution in [0.25, 0.3) is 0 Å². The molecule has 0 spiro atoms. The molecule has 0 radical (unpaired) electrons. The van der Waals surface area contributed by atoms with Crippen molar-refractivity contribution in [2.75, 3.05) is 6.61 Å². The van der Waals surface area contributed by atoms with Crippen LogP contribution in [0.4, 0.5) is 0 Å². The Labute approximate surface area is 138 Å². The van der Waals surface area contributed by atoms with E-state index in [0.29, 0.717) is 30.1 Å². The zero-order valence-corrected chi connectivity index (χ0v) is 14.2. The van der Waals surface area contributed by atoms with Crippen LogP contribution in [-0.2, 0) is 6.42 Å². The van der Waals surface area contributed by atoms with Crippen LogP contribution in [0.3, 0.4) is 0 Å². The van der Waals surface area contributed by atoms with E-state index in [9.17, 15) is 10.2 Å². The smallest absolute Gasteiger partial charge is 0.161 e. The van der Waals surface area contributed by atoms with Crippen molar-refractivity contribution < 1.29 is 14.9 Å². The first kappa shape index (κ1) is 15.3. The van der Waals surface area contributed by atoms with E-state index in [0.717, 1.165) is 25.7 Å². The molecule has 0 amide bonds. The molecule has 1 aromatic carbocycles. The molecule has 0 bridgehead atoms. The van der Waals surface area contributed by atoms with Crippen molar-refractivity contribution in [3.63, 3.8) is 0 Å². The molecule has 0 heterocycles. The second-order valence-electron chi connectivity index (χ2n) is 8.00. The monoisotopic (exact) mass is 316 g/mol. The molecular weight excluding hydrogens is 288 g/mol. The molecular formula is C20H28O3. The highest BCUT2D eigenvalue weighted by Crippen LogP contribution is 2.61. The van der Waals surface area contributed by atoms with Gasteiger partial charge >= 0.3 is 0 Å². The zero-order chi connectivity index (χ0) is 16.2. The van der Waals surface area contributed by atoms with Crippen LogP contribution in [0.15, 0.2) is 12.1 Å². The molecule has 126 valence electrons. The lowest BCUT2D eigenvalue weighted by Gasteiger charge is -2.50. The van der Waals surface area contributed by atoms with E-state index in [2.05, 4.69) is 13.0 Å². The van der Waals surface area contributed by atoms with Crippen molar-refractivity contribution in [1.29, 1.82) is 0 Å². The summed E-state index contributed by atoms with van der Waals surface area (Å²) < 4.78 is 5.62. The van der Waals surface area contributed by atoms with Gasteiger partial charge in [-0.15, -0.1) is 0 Å². The van der Waals surface area contributed by atoms with E-state index in [1.54, 1.807) is 0 Å². The van der Waals surface area contributed by atoms with E-state index >= 15 is 0 Å². The predicted molar refractivity (Wildman–Crippen MR) is 89.9 cm³/mol. The van der Waals surface area contributed by atoms with Gasteiger partial charge in [0.15, 0.2) is 11.5 Å². The van der Waals surface area contributed by atoms with Crippen molar-refractivity contribution in [3.8, 4) is 11.5 Å². The minimum absolute atomic E-state index is 0.117. The first-order chi connectivity index (χ1) is 11.0. The number of aromatic hydroxyl groups is 1. The number of ether oxygens (including phenoxy) is 1. The maximum atomic E-state index is 10.5. The molecule has 2 saturated carbocycles. The third-order valence-corrected chi connectivity index (χ3v) is 7.05. The molecule has 4 rings (SSSR count). The number of rotatable bonds is 2. The number of fused-ring (bicyclic) bond motifs is 5. The second kappa shape index (κ2) is 5.41. The summed E-state index contributed by atoms with van der Waals surface area (Å²) in [7, 11) is 0. The number of aliphatic hydroxyl groups is 1. The van der Waals surface area contributed by atoms with Crippen LogP contribution in [0, 0.1) is 17.3 Å². The van der Waals surface area contributed by atoms with Crippen LogP contribution in [-0.4, -0.2) is 22.9 Å². The lowest BCUT2D eigenvalue weighted by molar-refractivity contribution is -0.0226. The molecule has 3 heteroatoms. The third-order valence-electron chi connectivity index (χ3n) is 7.05. The fourth-order valence-corrected chi connectivity index (χ4v) is 5.83. The minimum Gasteiger partial charge on any atom is -0.504 e. The summed E-state index contributed by atoms with van der Waals surface area (Å²) in [5.74, 6) is 2.81. The molecule has 5 atom stereocenters. The first-order valence-corrected chi connectivity index (χ1v) is 9.21. The highest BCUT2D eigenvalue weighted by molar-refractivity contribution is 5.49. The zero-order valence-electron chi connectivity index (χ0n) is 14.2. The summed E-state index contributed by atoms with van der Waals surface area (Å²) in [4.78, 5) is 0. The lowest BCUT2D eigenvalue weighted by atomic mass is 9.55. The molecule has 1 aromatic rings. The topological polar surface area (TPSA) is 49.7 Å². The summed E-state index contributed by atoms with van der Waals surface area (Å²) in [5, 5.41) is 20.6. The Morgan fingerprint density at radius 1 is 1.22 bits per heavy atom. The Balaban J connectivity index is 1.70. The number of phenols is 1. The van der Waals surface area contributed by atoms with Gasteiger partial charge in [0.2, 0.25) is 0 Å². The minimum atomic E-state index is -0.117. The van der Waals surface area contributed by atoms with Crippen LogP contribution in [0.5, 0.6) is 11.5 Å². The van der Waals surface area contributed by atoms with Crippen LogP contribution < -0.4 is 4.74 Å². The molecule has 0 unspecified atom stereocenters. The average Bonchev–Trinajstić information content (AvgIpc) is 2.84. The first-order valence-electron chi connectivity index (χ1n) is 9.21. The Morgan fingerprint density at radius 2 is 2.04 bits per heavy atom. The largest absolute Gasteiger partial charge is 0.504 e. The number of benzene rings is 1. The maximum Gasteiger partial charge on any atom is 0.161 e. The summed E-state index contributed by atoms with van der Waals surface area (Å²) in [5.41, 5.74) is 2.82. The van der Waals surface area contributed by atoms with Gasteiger partial charge in [0.25, 0.3) is 0 Å². The molecule has 0 saturated heterocycles. The van der Waals surface area contributed by atoms with E-state index < -0.39 is 0 Å². The van der Waals surface area contributed by atoms with E-state index in [1.807, 2.05) is 13.0 Å². The number of hydrogen-bond donors (Lipinski definition) is 2. The maximum absolute atomic E-state index is 10.5.